The third-order valence-corrected chi connectivity index (χ3v) is 5.18. The van der Waals surface area contributed by atoms with Crippen LogP contribution in [0.1, 0.15) is 45.6 Å². The molecule has 1 saturated carbocycles. The molecule has 2 N–H and O–H groups in total. The summed E-state index contributed by atoms with van der Waals surface area (Å²) in [5.41, 5.74) is 1.22. The molecule has 0 spiro atoms. The zero-order valence-corrected chi connectivity index (χ0v) is 13.9. The van der Waals surface area contributed by atoms with Crippen LogP contribution in [-0.4, -0.2) is 36.2 Å². The summed E-state index contributed by atoms with van der Waals surface area (Å²) in [6.45, 7) is 8.73. The maximum Gasteiger partial charge on any atom is 0.115 e. The second kappa shape index (κ2) is 6.80. The van der Waals surface area contributed by atoms with Crippen LogP contribution < -0.4 is 5.32 Å². The highest BCUT2D eigenvalue weighted by atomic mass is 16.3. The van der Waals surface area contributed by atoms with Gasteiger partial charge < -0.3 is 10.4 Å². The van der Waals surface area contributed by atoms with Crippen LogP contribution in [0.3, 0.4) is 0 Å². The molecule has 1 aromatic rings. The second-order valence-electron chi connectivity index (χ2n) is 6.48. The van der Waals surface area contributed by atoms with Crippen molar-refractivity contribution in [3.8, 4) is 5.75 Å². The molecule has 118 valence electrons. The number of phenols is 1. The lowest BCUT2D eigenvalue weighted by Crippen LogP contribution is -2.60. The van der Waals surface area contributed by atoms with E-state index >= 15 is 0 Å². The summed E-state index contributed by atoms with van der Waals surface area (Å²) in [4.78, 5) is 2.46. The molecule has 1 aromatic carbocycles. The number of nitrogens with zero attached hydrogens (tertiary/aromatic N) is 1. The molecule has 0 heterocycles. The van der Waals surface area contributed by atoms with Crippen molar-refractivity contribution in [3.63, 3.8) is 0 Å². The Labute approximate surface area is 129 Å². The van der Waals surface area contributed by atoms with E-state index in [0.717, 1.165) is 25.4 Å². The summed E-state index contributed by atoms with van der Waals surface area (Å²) in [5.74, 6) is 1.12. The lowest BCUT2D eigenvalue weighted by molar-refractivity contribution is 0.0256. The molecule has 1 aliphatic rings. The number of hydrogen-bond donors (Lipinski definition) is 2. The van der Waals surface area contributed by atoms with E-state index in [1.54, 1.807) is 6.07 Å². The van der Waals surface area contributed by atoms with Crippen molar-refractivity contribution >= 4 is 0 Å². The van der Waals surface area contributed by atoms with Crippen LogP contribution in [0, 0.1) is 5.92 Å². The average Bonchev–Trinajstić information content (AvgIpc) is 2.47. The number of likely N-dealkylation sites (N-methyl/N-ethyl adjacent to an activating group) is 2. The number of aromatic hydroxyl groups is 1. The van der Waals surface area contributed by atoms with E-state index in [1.165, 1.54) is 18.4 Å². The monoisotopic (exact) mass is 290 g/mol. The number of rotatable bonds is 5. The minimum Gasteiger partial charge on any atom is -0.508 e. The van der Waals surface area contributed by atoms with Crippen LogP contribution in [0.25, 0.3) is 0 Å². The zero-order chi connectivity index (χ0) is 15.5. The Balaban J connectivity index is 2.49. The molecular formula is C18H30N2O. The third kappa shape index (κ3) is 3.09. The van der Waals surface area contributed by atoms with Gasteiger partial charge in [-0.25, -0.2) is 0 Å². The van der Waals surface area contributed by atoms with Crippen molar-refractivity contribution in [3.05, 3.63) is 29.8 Å². The molecule has 2 rings (SSSR count). The van der Waals surface area contributed by atoms with Gasteiger partial charge in [-0.05, 0) is 63.0 Å². The zero-order valence-electron chi connectivity index (χ0n) is 13.9. The maximum atomic E-state index is 9.94. The Morgan fingerprint density at radius 1 is 1.38 bits per heavy atom. The maximum absolute atomic E-state index is 9.94. The fourth-order valence-corrected chi connectivity index (χ4v) is 3.93. The van der Waals surface area contributed by atoms with Crippen LogP contribution >= 0.6 is 0 Å². The first kappa shape index (κ1) is 16.3. The van der Waals surface area contributed by atoms with Crippen molar-refractivity contribution in [2.75, 3.05) is 20.1 Å². The van der Waals surface area contributed by atoms with E-state index < -0.39 is 0 Å². The van der Waals surface area contributed by atoms with Crippen molar-refractivity contribution in [2.45, 2.75) is 51.6 Å². The highest BCUT2D eigenvalue weighted by Gasteiger charge is 2.46. The first-order chi connectivity index (χ1) is 10.0. The molecule has 1 aliphatic carbocycles. The summed E-state index contributed by atoms with van der Waals surface area (Å²) < 4.78 is 0. The van der Waals surface area contributed by atoms with Gasteiger partial charge in [0.15, 0.2) is 0 Å². The van der Waals surface area contributed by atoms with Gasteiger partial charge in [-0.3, -0.25) is 4.90 Å². The SMILES string of the molecule is CCNC1CC(C)CCC1(c1cccc(O)c1)N(C)CC. The van der Waals surface area contributed by atoms with Gasteiger partial charge in [0.1, 0.15) is 5.75 Å². The summed E-state index contributed by atoms with van der Waals surface area (Å²) in [6.07, 6.45) is 3.56. The number of nitrogens with one attached hydrogen (secondary N) is 1. The van der Waals surface area contributed by atoms with Gasteiger partial charge in [-0.2, -0.15) is 0 Å². The average molecular weight is 290 g/mol. The highest BCUT2D eigenvalue weighted by Crippen LogP contribution is 2.44. The van der Waals surface area contributed by atoms with E-state index in [4.69, 9.17) is 0 Å². The summed E-state index contributed by atoms with van der Waals surface area (Å²) in [7, 11) is 2.21. The van der Waals surface area contributed by atoms with Crippen LogP contribution in [0.2, 0.25) is 0 Å². The standard InChI is InChI=1S/C18H30N2O/c1-5-19-17-12-14(3)10-11-18(17,20(4)6-2)15-8-7-9-16(21)13-15/h7-9,13-14,17,19,21H,5-6,10-12H2,1-4H3. The number of phenolic OH excluding ortho intramolecular Hbond substituents is 1. The van der Waals surface area contributed by atoms with Gasteiger partial charge in [-0.15, -0.1) is 0 Å². The minimum absolute atomic E-state index is 0.0178. The molecule has 3 nitrogen and oxygen atoms in total. The first-order valence-corrected chi connectivity index (χ1v) is 8.28. The summed E-state index contributed by atoms with van der Waals surface area (Å²) in [5, 5.41) is 13.7. The fraction of sp³-hybridized carbons (Fsp3) is 0.667. The molecule has 3 atom stereocenters. The van der Waals surface area contributed by atoms with Gasteiger partial charge in [0.05, 0.1) is 5.54 Å². The normalized spacial score (nSPS) is 29.8. The van der Waals surface area contributed by atoms with Crippen molar-refractivity contribution in [2.24, 2.45) is 5.92 Å². The second-order valence-corrected chi connectivity index (χ2v) is 6.48. The molecule has 0 saturated heterocycles. The van der Waals surface area contributed by atoms with E-state index in [2.05, 4.69) is 44.1 Å². The van der Waals surface area contributed by atoms with Crippen molar-refractivity contribution < 1.29 is 5.11 Å². The predicted octanol–water partition coefficient (Wildman–Crippen LogP) is 3.34. The Bertz CT molecular complexity index is 462. The molecule has 0 aromatic heterocycles. The van der Waals surface area contributed by atoms with Gasteiger partial charge in [-0.1, -0.05) is 32.9 Å². The largest absolute Gasteiger partial charge is 0.508 e. The van der Waals surface area contributed by atoms with Gasteiger partial charge in [0, 0.05) is 6.04 Å². The van der Waals surface area contributed by atoms with E-state index in [9.17, 15) is 5.11 Å². The molecule has 0 radical (unpaired) electrons. The van der Waals surface area contributed by atoms with Crippen LogP contribution in [0.15, 0.2) is 24.3 Å². The van der Waals surface area contributed by atoms with Gasteiger partial charge >= 0.3 is 0 Å². The highest BCUT2D eigenvalue weighted by molar-refractivity contribution is 5.35. The van der Waals surface area contributed by atoms with Gasteiger partial charge in [0.2, 0.25) is 0 Å². The molecule has 0 bridgehead atoms. The Morgan fingerprint density at radius 2 is 2.14 bits per heavy atom. The molecular weight excluding hydrogens is 260 g/mol. The predicted molar refractivity (Wildman–Crippen MR) is 88.6 cm³/mol. The first-order valence-electron chi connectivity index (χ1n) is 8.28. The van der Waals surface area contributed by atoms with E-state index in [-0.39, 0.29) is 5.54 Å². The molecule has 3 unspecified atom stereocenters. The molecule has 21 heavy (non-hydrogen) atoms. The lowest BCUT2D eigenvalue weighted by Gasteiger charge is -2.52. The summed E-state index contributed by atoms with van der Waals surface area (Å²) in [6, 6.07) is 8.28. The topological polar surface area (TPSA) is 35.5 Å². The Kier molecular flexibility index (Phi) is 5.28. The van der Waals surface area contributed by atoms with E-state index in [0.29, 0.717) is 11.8 Å². The quantitative estimate of drug-likeness (QED) is 0.873. The number of benzene rings is 1. The van der Waals surface area contributed by atoms with Crippen molar-refractivity contribution in [1.82, 2.24) is 10.2 Å². The lowest BCUT2D eigenvalue weighted by atomic mass is 9.68. The minimum atomic E-state index is -0.0178. The van der Waals surface area contributed by atoms with E-state index in [1.807, 2.05) is 12.1 Å². The molecule has 0 amide bonds. The smallest absolute Gasteiger partial charge is 0.115 e. The van der Waals surface area contributed by atoms with Crippen molar-refractivity contribution in [1.29, 1.82) is 0 Å². The van der Waals surface area contributed by atoms with Crippen LogP contribution in [0.4, 0.5) is 0 Å². The number of hydrogen-bond acceptors (Lipinski definition) is 3. The van der Waals surface area contributed by atoms with Crippen LogP contribution in [0.5, 0.6) is 5.75 Å². The molecule has 1 fully saturated rings. The van der Waals surface area contributed by atoms with Gasteiger partial charge in [0.25, 0.3) is 0 Å². The molecule has 0 aliphatic heterocycles. The Hall–Kier alpha value is -1.06. The third-order valence-electron chi connectivity index (χ3n) is 5.18. The fourth-order valence-electron chi connectivity index (χ4n) is 3.93. The van der Waals surface area contributed by atoms with Crippen LogP contribution in [-0.2, 0) is 5.54 Å². The Morgan fingerprint density at radius 3 is 2.76 bits per heavy atom. The summed E-state index contributed by atoms with van der Waals surface area (Å²) >= 11 is 0. The molecule has 3 heteroatoms.